The third-order valence-corrected chi connectivity index (χ3v) is 3.51. The van der Waals surface area contributed by atoms with E-state index in [1.54, 1.807) is 11.3 Å². The molecule has 3 nitrogen and oxygen atoms in total. The molecule has 0 aliphatic heterocycles. The van der Waals surface area contributed by atoms with Crippen molar-refractivity contribution in [1.82, 2.24) is 4.90 Å². The molecule has 1 aromatic heterocycles. The maximum absolute atomic E-state index is 9.05. The number of rotatable bonds is 7. The van der Waals surface area contributed by atoms with Gasteiger partial charge in [-0.2, -0.15) is 0 Å². The van der Waals surface area contributed by atoms with E-state index in [4.69, 9.17) is 10.2 Å². The lowest BCUT2D eigenvalue weighted by molar-refractivity contribution is 0.189. The fraction of sp³-hybridized carbons (Fsp3) is 0.571. The minimum Gasteiger partial charge on any atom is -0.395 e. The molecule has 4 heteroatoms. The van der Waals surface area contributed by atoms with Gasteiger partial charge in [0.05, 0.1) is 6.61 Å². The Hall–Kier alpha value is -0.860. The number of hydrogen-bond acceptors (Lipinski definition) is 4. The standard InChI is InChI=1S/C14H21NO2S/c1-2-3-6-15(7-9-17)11-14-10-13(12-18-14)5-4-8-16/h10,12,16-17H,2-3,6-9,11H2,1H3. The van der Waals surface area contributed by atoms with Crippen LogP contribution in [0.2, 0.25) is 0 Å². The van der Waals surface area contributed by atoms with Crippen LogP contribution < -0.4 is 0 Å². The Balaban J connectivity index is 2.54. The Kier molecular flexibility index (Phi) is 7.70. The maximum atomic E-state index is 9.05. The highest BCUT2D eigenvalue weighted by Gasteiger charge is 2.06. The van der Waals surface area contributed by atoms with Crippen molar-refractivity contribution in [3.8, 4) is 11.8 Å². The Morgan fingerprint density at radius 3 is 2.83 bits per heavy atom. The Labute approximate surface area is 113 Å². The van der Waals surface area contributed by atoms with Gasteiger partial charge >= 0.3 is 0 Å². The molecular weight excluding hydrogens is 246 g/mol. The molecule has 0 spiro atoms. The second-order valence-electron chi connectivity index (χ2n) is 4.11. The summed E-state index contributed by atoms with van der Waals surface area (Å²) in [6.45, 7) is 4.88. The summed E-state index contributed by atoms with van der Waals surface area (Å²) in [6, 6.07) is 2.06. The summed E-state index contributed by atoms with van der Waals surface area (Å²) in [5, 5.41) is 19.7. The largest absolute Gasteiger partial charge is 0.395 e. The molecule has 0 saturated heterocycles. The zero-order valence-corrected chi connectivity index (χ0v) is 11.7. The van der Waals surface area contributed by atoms with Gasteiger partial charge in [-0.25, -0.2) is 0 Å². The van der Waals surface area contributed by atoms with Gasteiger partial charge in [-0.1, -0.05) is 25.2 Å². The third-order valence-electron chi connectivity index (χ3n) is 2.59. The molecule has 0 fully saturated rings. The number of unbranched alkanes of at least 4 members (excludes halogenated alkanes) is 1. The first-order chi connectivity index (χ1) is 8.80. The van der Waals surface area contributed by atoms with Crippen molar-refractivity contribution in [3.63, 3.8) is 0 Å². The van der Waals surface area contributed by atoms with E-state index in [9.17, 15) is 0 Å². The van der Waals surface area contributed by atoms with Crippen LogP contribution in [-0.2, 0) is 6.54 Å². The summed E-state index contributed by atoms with van der Waals surface area (Å²) < 4.78 is 0. The van der Waals surface area contributed by atoms with Crippen LogP contribution in [0, 0.1) is 11.8 Å². The highest BCUT2D eigenvalue weighted by Crippen LogP contribution is 2.16. The van der Waals surface area contributed by atoms with Gasteiger partial charge in [0.1, 0.15) is 6.61 Å². The van der Waals surface area contributed by atoms with Crippen molar-refractivity contribution >= 4 is 11.3 Å². The smallest absolute Gasteiger partial charge is 0.104 e. The summed E-state index contributed by atoms with van der Waals surface area (Å²) in [7, 11) is 0. The van der Waals surface area contributed by atoms with E-state index in [1.807, 2.05) is 5.38 Å². The highest BCUT2D eigenvalue weighted by atomic mass is 32.1. The van der Waals surface area contributed by atoms with E-state index in [-0.39, 0.29) is 13.2 Å². The maximum Gasteiger partial charge on any atom is 0.104 e. The van der Waals surface area contributed by atoms with Crippen LogP contribution in [0.5, 0.6) is 0 Å². The van der Waals surface area contributed by atoms with Gasteiger partial charge in [-0.15, -0.1) is 11.3 Å². The predicted octanol–water partition coefficient (Wildman–Crippen LogP) is 1.69. The zero-order chi connectivity index (χ0) is 13.2. The Bertz CT molecular complexity index is 392. The normalized spacial score (nSPS) is 10.4. The van der Waals surface area contributed by atoms with Crippen LogP contribution in [-0.4, -0.2) is 41.4 Å². The molecule has 0 bridgehead atoms. The molecule has 0 radical (unpaired) electrons. The summed E-state index contributed by atoms with van der Waals surface area (Å²) in [4.78, 5) is 3.51. The molecule has 0 atom stereocenters. The monoisotopic (exact) mass is 267 g/mol. The number of nitrogens with zero attached hydrogens (tertiary/aromatic N) is 1. The number of hydrogen-bond donors (Lipinski definition) is 2. The average Bonchev–Trinajstić information content (AvgIpc) is 2.81. The minimum atomic E-state index is -0.0989. The van der Waals surface area contributed by atoms with Crippen LogP contribution in [0.4, 0.5) is 0 Å². The van der Waals surface area contributed by atoms with Gasteiger partial charge in [0.2, 0.25) is 0 Å². The molecule has 0 unspecified atom stereocenters. The summed E-state index contributed by atoms with van der Waals surface area (Å²) in [5.74, 6) is 5.55. The van der Waals surface area contributed by atoms with Gasteiger partial charge in [-0.3, -0.25) is 4.90 Å². The zero-order valence-electron chi connectivity index (χ0n) is 10.9. The van der Waals surface area contributed by atoms with Crippen LogP contribution >= 0.6 is 11.3 Å². The van der Waals surface area contributed by atoms with Crippen molar-refractivity contribution in [2.24, 2.45) is 0 Å². The van der Waals surface area contributed by atoms with Crippen LogP contribution in [0.1, 0.15) is 30.2 Å². The molecule has 0 aromatic carbocycles. The summed E-state index contributed by atoms with van der Waals surface area (Å²) >= 11 is 1.68. The van der Waals surface area contributed by atoms with Crippen LogP contribution in [0.15, 0.2) is 11.4 Å². The fourth-order valence-corrected chi connectivity index (χ4v) is 2.54. The van der Waals surface area contributed by atoms with Gasteiger partial charge in [0, 0.05) is 28.9 Å². The molecular formula is C14H21NO2S. The number of aliphatic hydroxyl groups excluding tert-OH is 2. The molecule has 1 aromatic rings. The van der Waals surface area contributed by atoms with Crippen LogP contribution in [0.25, 0.3) is 0 Å². The van der Waals surface area contributed by atoms with Crippen molar-refractivity contribution < 1.29 is 10.2 Å². The Morgan fingerprint density at radius 2 is 2.17 bits per heavy atom. The van der Waals surface area contributed by atoms with E-state index in [0.717, 1.165) is 31.6 Å². The van der Waals surface area contributed by atoms with Gasteiger partial charge in [0.25, 0.3) is 0 Å². The second-order valence-corrected chi connectivity index (χ2v) is 5.11. The minimum absolute atomic E-state index is 0.0989. The average molecular weight is 267 g/mol. The molecule has 1 rings (SSSR count). The molecule has 18 heavy (non-hydrogen) atoms. The van der Waals surface area contributed by atoms with Crippen molar-refractivity contribution in [3.05, 3.63) is 21.9 Å². The molecule has 2 N–H and O–H groups in total. The lowest BCUT2D eigenvalue weighted by atomic mass is 10.2. The van der Waals surface area contributed by atoms with Gasteiger partial charge in [-0.05, 0) is 19.0 Å². The Morgan fingerprint density at radius 1 is 1.33 bits per heavy atom. The number of thiophene rings is 1. The summed E-state index contributed by atoms with van der Waals surface area (Å²) in [5.41, 5.74) is 0.962. The summed E-state index contributed by atoms with van der Waals surface area (Å²) in [6.07, 6.45) is 2.32. The first kappa shape index (κ1) is 15.2. The van der Waals surface area contributed by atoms with Crippen molar-refractivity contribution in [1.29, 1.82) is 0 Å². The second kappa shape index (κ2) is 9.12. The SMILES string of the molecule is CCCCN(CCO)Cc1cc(C#CCO)cs1. The van der Waals surface area contributed by atoms with E-state index < -0.39 is 0 Å². The van der Waals surface area contributed by atoms with Crippen molar-refractivity contribution in [2.45, 2.75) is 26.3 Å². The lowest BCUT2D eigenvalue weighted by Gasteiger charge is -2.19. The molecule has 1 heterocycles. The molecule has 100 valence electrons. The molecule has 0 amide bonds. The third kappa shape index (κ3) is 5.65. The lowest BCUT2D eigenvalue weighted by Crippen LogP contribution is -2.27. The van der Waals surface area contributed by atoms with Gasteiger partial charge < -0.3 is 10.2 Å². The topological polar surface area (TPSA) is 43.7 Å². The van der Waals surface area contributed by atoms with E-state index in [2.05, 4.69) is 29.7 Å². The molecule has 0 aliphatic carbocycles. The van der Waals surface area contributed by atoms with E-state index in [1.165, 1.54) is 11.3 Å². The van der Waals surface area contributed by atoms with Crippen molar-refractivity contribution in [2.75, 3.05) is 26.3 Å². The fourth-order valence-electron chi connectivity index (χ4n) is 1.68. The van der Waals surface area contributed by atoms with E-state index >= 15 is 0 Å². The predicted molar refractivity (Wildman–Crippen MR) is 75.6 cm³/mol. The number of aliphatic hydroxyl groups is 2. The first-order valence-electron chi connectivity index (χ1n) is 6.30. The van der Waals surface area contributed by atoms with E-state index in [0.29, 0.717) is 0 Å². The highest BCUT2D eigenvalue weighted by molar-refractivity contribution is 7.10. The first-order valence-corrected chi connectivity index (χ1v) is 7.18. The quantitative estimate of drug-likeness (QED) is 0.739. The molecule has 0 saturated carbocycles. The van der Waals surface area contributed by atoms with Gasteiger partial charge in [0.15, 0.2) is 0 Å². The molecule has 0 aliphatic rings. The van der Waals surface area contributed by atoms with Crippen LogP contribution in [0.3, 0.4) is 0 Å².